The maximum Gasteiger partial charge on any atom is 0.123 e. The minimum absolute atomic E-state index is 0.0532. The Bertz CT molecular complexity index is 412. The van der Waals surface area contributed by atoms with E-state index in [2.05, 4.69) is 16.7 Å². The van der Waals surface area contributed by atoms with Crippen LogP contribution in [0.15, 0.2) is 18.2 Å². The third-order valence-electron chi connectivity index (χ3n) is 3.74. The number of nitrogens with two attached hydrogens (primary N) is 1. The van der Waals surface area contributed by atoms with Crippen molar-refractivity contribution in [2.75, 3.05) is 37.6 Å². The van der Waals surface area contributed by atoms with E-state index in [1.807, 2.05) is 13.0 Å². The van der Waals surface area contributed by atoms with Gasteiger partial charge in [-0.1, -0.05) is 6.92 Å². The van der Waals surface area contributed by atoms with Crippen LogP contribution in [0.4, 0.5) is 10.1 Å². The fourth-order valence-corrected chi connectivity index (χ4v) is 2.68. The van der Waals surface area contributed by atoms with Gasteiger partial charge in [-0.3, -0.25) is 0 Å². The van der Waals surface area contributed by atoms with Gasteiger partial charge in [0.1, 0.15) is 5.82 Å². The zero-order chi connectivity index (χ0) is 13.8. The third-order valence-corrected chi connectivity index (χ3v) is 3.74. The van der Waals surface area contributed by atoms with Crippen molar-refractivity contribution >= 4 is 5.69 Å². The molecule has 0 aliphatic carbocycles. The molecule has 0 spiro atoms. The lowest BCUT2D eigenvalue weighted by molar-refractivity contribution is 0.271. The Labute approximate surface area is 115 Å². The van der Waals surface area contributed by atoms with Crippen molar-refractivity contribution in [3.8, 4) is 0 Å². The molecule has 1 aromatic rings. The van der Waals surface area contributed by atoms with Gasteiger partial charge in [0.25, 0.3) is 0 Å². The predicted molar refractivity (Wildman–Crippen MR) is 78.1 cm³/mol. The molecule has 4 heteroatoms. The van der Waals surface area contributed by atoms with Crippen LogP contribution in [0.25, 0.3) is 0 Å². The minimum Gasteiger partial charge on any atom is -0.369 e. The molecule has 1 unspecified atom stereocenters. The van der Waals surface area contributed by atoms with Crippen molar-refractivity contribution in [1.29, 1.82) is 0 Å². The number of likely N-dealkylation sites (N-methyl/N-ethyl adjacent to an activating group) is 1. The molecule has 0 radical (unpaired) electrons. The van der Waals surface area contributed by atoms with E-state index in [-0.39, 0.29) is 11.9 Å². The number of nitrogens with zero attached hydrogens (tertiary/aromatic N) is 2. The van der Waals surface area contributed by atoms with Crippen LogP contribution >= 0.6 is 0 Å². The van der Waals surface area contributed by atoms with Crippen molar-refractivity contribution in [2.24, 2.45) is 5.73 Å². The van der Waals surface area contributed by atoms with E-state index in [0.29, 0.717) is 0 Å². The van der Waals surface area contributed by atoms with Crippen molar-refractivity contribution in [3.63, 3.8) is 0 Å². The number of hydrogen-bond donors (Lipinski definition) is 1. The summed E-state index contributed by atoms with van der Waals surface area (Å²) in [5, 5.41) is 0. The number of rotatable bonds is 4. The molecule has 3 nitrogen and oxygen atoms in total. The molecule has 1 aliphatic rings. The Kier molecular flexibility index (Phi) is 4.77. The third kappa shape index (κ3) is 3.67. The van der Waals surface area contributed by atoms with Gasteiger partial charge >= 0.3 is 0 Å². The number of benzene rings is 1. The fraction of sp³-hybridized carbons (Fsp3) is 0.600. The molecule has 0 aromatic heterocycles. The molecule has 19 heavy (non-hydrogen) atoms. The standard InChI is InChI=1S/C15H24FN3/c1-3-18-6-8-19(9-7-18)15-5-4-14(16)11-13(15)10-12(2)17/h4-5,11-12H,3,6-10,17H2,1-2H3. The van der Waals surface area contributed by atoms with Gasteiger partial charge < -0.3 is 15.5 Å². The Balaban J connectivity index is 2.15. The molecule has 0 amide bonds. The van der Waals surface area contributed by atoms with Gasteiger partial charge in [-0.15, -0.1) is 0 Å². The lowest BCUT2D eigenvalue weighted by Crippen LogP contribution is -2.46. The smallest absolute Gasteiger partial charge is 0.123 e. The zero-order valence-electron chi connectivity index (χ0n) is 11.9. The summed E-state index contributed by atoms with van der Waals surface area (Å²) < 4.78 is 13.4. The molecule has 106 valence electrons. The van der Waals surface area contributed by atoms with Crippen molar-refractivity contribution in [2.45, 2.75) is 26.3 Å². The van der Waals surface area contributed by atoms with Crippen molar-refractivity contribution in [1.82, 2.24) is 4.90 Å². The van der Waals surface area contributed by atoms with Gasteiger partial charge in [0.05, 0.1) is 0 Å². The van der Waals surface area contributed by atoms with Gasteiger partial charge in [-0.2, -0.15) is 0 Å². The molecular weight excluding hydrogens is 241 g/mol. The molecule has 0 saturated carbocycles. The summed E-state index contributed by atoms with van der Waals surface area (Å²) in [5.74, 6) is -0.174. The molecule has 1 fully saturated rings. The number of hydrogen-bond acceptors (Lipinski definition) is 3. The highest BCUT2D eigenvalue weighted by Crippen LogP contribution is 2.24. The fourth-order valence-electron chi connectivity index (χ4n) is 2.68. The van der Waals surface area contributed by atoms with Crippen LogP contribution in [0.3, 0.4) is 0 Å². The first kappa shape index (κ1) is 14.3. The summed E-state index contributed by atoms with van der Waals surface area (Å²) in [5.41, 5.74) is 8.04. The van der Waals surface area contributed by atoms with E-state index >= 15 is 0 Å². The average molecular weight is 265 g/mol. The lowest BCUT2D eigenvalue weighted by atomic mass is 10.0. The lowest BCUT2D eigenvalue weighted by Gasteiger charge is -2.36. The maximum absolute atomic E-state index is 13.4. The summed E-state index contributed by atoms with van der Waals surface area (Å²) in [6.45, 7) is 9.41. The number of halogens is 1. The van der Waals surface area contributed by atoms with E-state index < -0.39 is 0 Å². The number of piperazine rings is 1. The first-order chi connectivity index (χ1) is 9.10. The summed E-state index contributed by atoms with van der Waals surface area (Å²) >= 11 is 0. The van der Waals surface area contributed by atoms with E-state index in [4.69, 9.17) is 5.73 Å². The SMILES string of the molecule is CCN1CCN(c2ccc(F)cc2CC(C)N)CC1. The van der Waals surface area contributed by atoms with Crippen molar-refractivity contribution < 1.29 is 4.39 Å². The summed E-state index contributed by atoms with van der Waals surface area (Å²) in [6.07, 6.45) is 0.723. The molecule has 1 aliphatic heterocycles. The molecule has 1 aromatic carbocycles. The maximum atomic E-state index is 13.4. The molecule has 2 rings (SSSR count). The largest absolute Gasteiger partial charge is 0.369 e. The Morgan fingerprint density at radius 2 is 1.95 bits per heavy atom. The molecular formula is C15H24FN3. The van der Waals surface area contributed by atoms with Crippen LogP contribution in [-0.4, -0.2) is 43.7 Å². The van der Waals surface area contributed by atoms with E-state index in [0.717, 1.165) is 50.4 Å². The second kappa shape index (κ2) is 6.35. The second-order valence-electron chi connectivity index (χ2n) is 5.38. The Morgan fingerprint density at radius 1 is 1.26 bits per heavy atom. The molecule has 1 heterocycles. The van der Waals surface area contributed by atoms with Crippen LogP contribution < -0.4 is 10.6 Å². The quantitative estimate of drug-likeness (QED) is 0.902. The minimum atomic E-state index is -0.174. The van der Waals surface area contributed by atoms with Crippen LogP contribution in [0, 0.1) is 5.82 Å². The second-order valence-corrected chi connectivity index (χ2v) is 5.38. The van der Waals surface area contributed by atoms with E-state index in [9.17, 15) is 4.39 Å². The van der Waals surface area contributed by atoms with E-state index in [1.165, 1.54) is 0 Å². The van der Waals surface area contributed by atoms with Gasteiger partial charge in [-0.05, 0) is 43.7 Å². The molecule has 0 bridgehead atoms. The first-order valence-electron chi connectivity index (χ1n) is 7.11. The van der Waals surface area contributed by atoms with Crippen LogP contribution in [0.2, 0.25) is 0 Å². The summed E-state index contributed by atoms with van der Waals surface area (Å²) in [4.78, 5) is 4.79. The monoisotopic (exact) mass is 265 g/mol. The highest BCUT2D eigenvalue weighted by Gasteiger charge is 2.18. The van der Waals surface area contributed by atoms with Crippen LogP contribution in [0.1, 0.15) is 19.4 Å². The van der Waals surface area contributed by atoms with Crippen LogP contribution in [0.5, 0.6) is 0 Å². The summed E-state index contributed by atoms with van der Waals surface area (Å²) in [7, 11) is 0. The Hall–Kier alpha value is -1.13. The normalized spacial score (nSPS) is 18.6. The number of anilines is 1. The first-order valence-corrected chi connectivity index (χ1v) is 7.11. The van der Waals surface area contributed by atoms with Gasteiger partial charge in [0.15, 0.2) is 0 Å². The predicted octanol–water partition coefficient (Wildman–Crippen LogP) is 1.86. The summed E-state index contributed by atoms with van der Waals surface area (Å²) in [6, 6.07) is 5.13. The Morgan fingerprint density at radius 3 is 2.53 bits per heavy atom. The topological polar surface area (TPSA) is 32.5 Å². The highest BCUT2D eigenvalue weighted by molar-refractivity contribution is 5.54. The molecule has 2 N–H and O–H groups in total. The molecule has 1 atom stereocenters. The van der Waals surface area contributed by atoms with Gasteiger partial charge in [-0.25, -0.2) is 4.39 Å². The zero-order valence-corrected chi connectivity index (χ0v) is 11.9. The van der Waals surface area contributed by atoms with Gasteiger partial charge in [0.2, 0.25) is 0 Å². The van der Waals surface area contributed by atoms with E-state index in [1.54, 1.807) is 12.1 Å². The van der Waals surface area contributed by atoms with Crippen LogP contribution in [-0.2, 0) is 6.42 Å². The van der Waals surface area contributed by atoms with Gasteiger partial charge in [0, 0.05) is 37.9 Å². The van der Waals surface area contributed by atoms with Crippen molar-refractivity contribution in [3.05, 3.63) is 29.6 Å². The average Bonchev–Trinajstić information content (AvgIpc) is 2.38. The highest BCUT2D eigenvalue weighted by atomic mass is 19.1. The molecule has 1 saturated heterocycles.